The molecule has 0 radical (unpaired) electrons. The van der Waals surface area contributed by atoms with E-state index in [4.69, 9.17) is 0 Å². The molecule has 0 N–H and O–H groups in total. The Morgan fingerprint density at radius 1 is 0.868 bits per heavy atom. The van der Waals surface area contributed by atoms with Gasteiger partial charge in [0.15, 0.2) is 0 Å². The van der Waals surface area contributed by atoms with Crippen LogP contribution in [0.5, 0.6) is 0 Å². The summed E-state index contributed by atoms with van der Waals surface area (Å²) in [7, 11) is -2.20. The minimum Gasteiger partial charge on any atom is -0.368 e. The smallest absolute Gasteiger partial charge is 0.268 e. The third kappa shape index (κ3) is 5.28. The quantitative estimate of drug-likeness (QED) is 0.360. The fourth-order valence-corrected chi connectivity index (χ4v) is 6.43. The van der Waals surface area contributed by atoms with Gasteiger partial charge in [-0.25, -0.2) is 8.42 Å². The van der Waals surface area contributed by atoms with Crippen molar-refractivity contribution in [3.63, 3.8) is 0 Å². The van der Waals surface area contributed by atoms with Crippen LogP contribution in [0.15, 0.2) is 96.0 Å². The van der Waals surface area contributed by atoms with Gasteiger partial charge < -0.3 is 9.80 Å². The Kier molecular flexibility index (Phi) is 7.20. The first-order valence-electron chi connectivity index (χ1n) is 12.6. The van der Waals surface area contributed by atoms with Crippen LogP contribution in [0.25, 0.3) is 0 Å². The molecule has 4 aromatic rings. The van der Waals surface area contributed by atoms with E-state index in [0.717, 1.165) is 24.3 Å². The number of sulfonamides is 1. The summed E-state index contributed by atoms with van der Waals surface area (Å²) in [6, 6.07) is 26.5. The van der Waals surface area contributed by atoms with E-state index in [0.29, 0.717) is 30.0 Å². The molecule has 1 fully saturated rings. The molecule has 1 saturated heterocycles. The molecule has 196 valence electrons. The maximum Gasteiger partial charge on any atom is 0.268 e. The van der Waals surface area contributed by atoms with Crippen molar-refractivity contribution in [3.8, 4) is 0 Å². The monoisotopic (exact) mass is 529 g/mol. The molecule has 0 unspecified atom stereocenters. The van der Waals surface area contributed by atoms with Crippen LogP contribution in [-0.2, 0) is 23.6 Å². The second-order valence-electron chi connectivity index (χ2n) is 9.41. The highest BCUT2D eigenvalue weighted by Gasteiger charge is 2.29. The van der Waals surface area contributed by atoms with Gasteiger partial charge in [0.1, 0.15) is 4.90 Å². The van der Waals surface area contributed by atoms with Crippen molar-refractivity contribution < 1.29 is 13.2 Å². The van der Waals surface area contributed by atoms with Crippen LogP contribution in [-0.4, -0.2) is 55.2 Å². The van der Waals surface area contributed by atoms with Gasteiger partial charge in [0.25, 0.3) is 15.9 Å². The number of rotatable bonds is 7. The van der Waals surface area contributed by atoms with Crippen molar-refractivity contribution in [2.24, 2.45) is 7.05 Å². The van der Waals surface area contributed by atoms with Crippen molar-refractivity contribution in [1.82, 2.24) is 14.7 Å². The van der Waals surface area contributed by atoms with Gasteiger partial charge >= 0.3 is 0 Å². The van der Waals surface area contributed by atoms with E-state index in [2.05, 4.69) is 22.1 Å². The van der Waals surface area contributed by atoms with Gasteiger partial charge in [-0.3, -0.25) is 13.8 Å². The van der Waals surface area contributed by atoms with Gasteiger partial charge in [0.05, 0.1) is 17.9 Å². The average Bonchev–Trinajstić information content (AvgIpc) is 3.31. The highest BCUT2D eigenvalue weighted by Crippen LogP contribution is 2.28. The van der Waals surface area contributed by atoms with Crippen LogP contribution in [0.1, 0.15) is 21.6 Å². The molecular formula is C29H31N5O3S. The number of carbonyl (C=O) groups is 1. The van der Waals surface area contributed by atoms with E-state index >= 15 is 0 Å². The number of hydrogen-bond acceptors (Lipinski definition) is 5. The number of hydrogen-bond donors (Lipinski definition) is 0. The first-order valence-corrected chi connectivity index (χ1v) is 14.0. The van der Waals surface area contributed by atoms with Gasteiger partial charge in [-0.1, -0.05) is 48.5 Å². The molecular weight excluding hydrogens is 498 g/mol. The summed E-state index contributed by atoms with van der Waals surface area (Å²) in [6.07, 6.45) is 1.52. The molecule has 0 atom stereocenters. The average molecular weight is 530 g/mol. The maximum atomic E-state index is 13.8. The van der Waals surface area contributed by atoms with E-state index in [1.807, 2.05) is 53.4 Å². The molecule has 2 heterocycles. The van der Waals surface area contributed by atoms with Gasteiger partial charge in [-0.15, -0.1) is 0 Å². The van der Waals surface area contributed by atoms with Crippen molar-refractivity contribution in [2.45, 2.75) is 18.4 Å². The normalized spacial score (nSPS) is 13.9. The second kappa shape index (κ2) is 10.7. The number of anilines is 2. The topological polar surface area (TPSA) is 78.8 Å². The Bertz CT molecular complexity index is 1500. The largest absolute Gasteiger partial charge is 0.368 e. The molecule has 8 nitrogen and oxygen atoms in total. The van der Waals surface area contributed by atoms with E-state index in [-0.39, 0.29) is 17.3 Å². The summed E-state index contributed by atoms with van der Waals surface area (Å²) in [5.74, 6) is -0.0511. The molecule has 0 spiro atoms. The number of aryl methyl sites for hydroxylation is 2. The molecule has 1 aromatic heterocycles. The molecule has 1 aliphatic heterocycles. The summed E-state index contributed by atoms with van der Waals surface area (Å²) >= 11 is 0. The standard InChI is InChI=1S/C29H31N5O3S/c1-23-28(22-31(2)30-23)38(36,37)34(21-24-9-5-3-6-10-24)27-15-13-25(14-16-27)29(35)33-19-17-32(18-20-33)26-11-7-4-8-12-26/h3-16,22H,17-21H2,1-2H3. The molecule has 38 heavy (non-hydrogen) atoms. The van der Waals surface area contributed by atoms with Crippen LogP contribution < -0.4 is 9.21 Å². The predicted octanol–water partition coefficient (Wildman–Crippen LogP) is 4.09. The van der Waals surface area contributed by atoms with Gasteiger partial charge in [0.2, 0.25) is 0 Å². The zero-order valence-electron chi connectivity index (χ0n) is 21.6. The van der Waals surface area contributed by atoms with Crippen molar-refractivity contribution >= 4 is 27.3 Å². The van der Waals surface area contributed by atoms with Crippen LogP contribution in [0.2, 0.25) is 0 Å². The minimum atomic E-state index is -3.90. The zero-order valence-corrected chi connectivity index (χ0v) is 22.4. The SMILES string of the molecule is Cc1nn(C)cc1S(=O)(=O)N(Cc1ccccc1)c1ccc(C(=O)N2CCN(c3ccccc3)CC2)cc1. The number of benzene rings is 3. The van der Waals surface area contributed by atoms with Gasteiger partial charge in [-0.2, -0.15) is 5.10 Å². The highest BCUT2D eigenvalue weighted by atomic mass is 32.2. The summed E-state index contributed by atoms with van der Waals surface area (Å²) < 4.78 is 30.4. The first kappa shape index (κ1) is 25.5. The number of amides is 1. The zero-order chi connectivity index (χ0) is 26.7. The summed E-state index contributed by atoms with van der Waals surface area (Å²) in [6.45, 7) is 4.64. The fourth-order valence-electron chi connectivity index (χ4n) is 4.77. The van der Waals surface area contributed by atoms with E-state index in [9.17, 15) is 13.2 Å². The first-order chi connectivity index (χ1) is 18.3. The lowest BCUT2D eigenvalue weighted by molar-refractivity contribution is 0.0747. The Labute approximate surface area is 223 Å². The predicted molar refractivity (Wildman–Crippen MR) is 149 cm³/mol. The molecule has 9 heteroatoms. The number of para-hydroxylation sites is 1. The molecule has 0 saturated carbocycles. The Balaban J connectivity index is 1.36. The Morgan fingerprint density at radius 2 is 1.47 bits per heavy atom. The van der Waals surface area contributed by atoms with Crippen molar-refractivity contribution in [3.05, 3.63) is 108 Å². The Hall–Kier alpha value is -4.11. The lowest BCUT2D eigenvalue weighted by Crippen LogP contribution is -2.48. The van der Waals surface area contributed by atoms with E-state index in [1.54, 1.807) is 38.2 Å². The minimum absolute atomic E-state index is 0.0511. The second-order valence-corrected chi connectivity index (χ2v) is 11.2. The Morgan fingerprint density at radius 3 is 2.05 bits per heavy atom. The lowest BCUT2D eigenvalue weighted by Gasteiger charge is -2.36. The van der Waals surface area contributed by atoms with Gasteiger partial charge in [-0.05, 0) is 48.9 Å². The number of nitrogens with zero attached hydrogens (tertiary/aromatic N) is 5. The maximum absolute atomic E-state index is 13.8. The van der Waals surface area contributed by atoms with E-state index in [1.165, 1.54) is 15.2 Å². The van der Waals surface area contributed by atoms with Crippen molar-refractivity contribution in [2.75, 3.05) is 35.4 Å². The van der Waals surface area contributed by atoms with Crippen LogP contribution in [0.4, 0.5) is 11.4 Å². The summed E-state index contributed by atoms with van der Waals surface area (Å²) in [4.78, 5) is 17.5. The lowest BCUT2D eigenvalue weighted by atomic mass is 10.1. The molecule has 3 aromatic carbocycles. The third-order valence-electron chi connectivity index (χ3n) is 6.80. The number of carbonyl (C=O) groups excluding carboxylic acids is 1. The summed E-state index contributed by atoms with van der Waals surface area (Å²) in [5, 5.41) is 4.23. The van der Waals surface area contributed by atoms with Crippen LogP contribution in [0.3, 0.4) is 0 Å². The summed E-state index contributed by atoms with van der Waals surface area (Å²) in [5.41, 5.74) is 3.48. The number of aromatic nitrogens is 2. The van der Waals surface area contributed by atoms with Crippen LogP contribution in [0, 0.1) is 6.92 Å². The van der Waals surface area contributed by atoms with Gasteiger partial charge in [0, 0.05) is 50.7 Å². The third-order valence-corrected chi connectivity index (χ3v) is 8.67. The highest BCUT2D eigenvalue weighted by molar-refractivity contribution is 7.92. The number of piperazine rings is 1. The van der Waals surface area contributed by atoms with E-state index < -0.39 is 10.0 Å². The van der Waals surface area contributed by atoms with Crippen LogP contribution >= 0.6 is 0 Å². The molecule has 1 aliphatic rings. The fraction of sp³-hybridized carbons (Fsp3) is 0.241. The van der Waals surface area contributed by atoms with Crippen molar-refractivity contribution in [1.29, 1.82) is 0 Å². The molecule has 5 rings (SSSR count). The molecule has 0 bridgehead atoms. The molecule has 0 aliphatic carbocycles. The molecule has 1 amide bonds.